The Morgan fingerprint density at radius 2 is 1.79 bits per heavy atom. The molecule has 1 aromatic heterocycles. The van der Waals surface area contributed by atoms with E-state index >= 15 is 0 Å². The summed E-state index contributed by atoms with van der Waals surface area (Å²) in [5.74, 6) is -2.26. The second kappa shape index (κ2) is 5.96. The minimum Gasteiger partial charge on any atom is -0.361 e. The molecule has 1 saturated heterocycles. The number of para-hydroxylation sites is 1. The van der Waals surface area contributed by atoms with E-state index in [1.165, 1.54) is 14.1 Å². The number of benzene rings is 1. The lowest BCUT2D eigenvalue weighted by Crippen LogP contribution is -2.58. The summed E-state index contributed by atoms with van der Waals surface area (Å²) in [5, 5.41) is 0.965. The molecule has 0 bridgehead atoms. The average Bonchev–Trinajstić information content (AvgIpc) is 3.01. The first-order chi connectivity index (χ1) is 11.5. The molecule has 124 valence electrons. The molecular weight excluding hydrogens is 306 g/mol. The van der Waals surface area contributed by atoms with E-state index in [2.05, 4.69) is 11.6 Å². The molecule has 4 amide bonds. The molecule has 2 heterocycles. The molecule has 6 nitrogen and oxygen atoms in total. The van der Waals surface area contributed by atoms with Gasteiger partial charge in [-0.05, 0) is 18.1 Å². The summed E-state index contributed by atoms with van der Waals surface area (Å²) in [6.07, 6.45) is 3.99. The van der Waals surface area contributed by atoms with Crippen LogP contribution in [0.3, 0.4) is 0 Å². The number of imide groups is 2. The van der Waals surface area contributed by atoms with E-state index in [0.29, 0.717) is 6.42 Å². The second-order valence-corrected chi connectivity index (χ2v) is 5.98. The van der Waals surface area contributed by atoms with E-state index in [4.69, 9.17) is 0 Å². The molecule has 1 N–H and O–H groups in total. The minimum absolute atomic E-state index is 0.378. The number of nitrogens with one attached hydrogen (secondary N) is 1. The molecule has 24 heavy (non-hydrogen) atoms. The zero-order chi connectivity index (χ0) is 17.4. The molecule has 0 radical (unpaired) electrons. The Labute approximate surface area is 139 Å². The number of fused-ring (bicyclic) bond motifs is 1. The van der Waals surface area contributed by atoms with Crippen LogP contribution in [0.15, 0.2) is 43.1 Å². The zero-order valence-electron chi connectivity index (χ0n) is 13.7. The summed E-state index contributed by atoms with van der Waals surface area (Å²) in [5.41, 5.74) is 1.82. The van der Waals surface area contributed by atoms with Gasteiger partial charge in [0.2, 0.25) is 11.8 Å². The summed E-state index contributed by atoms with van der Waals surface area (Å²) < 4.78 is 0. The first kappa shape index (κ1) is 16.0. The molecule has 0 saturated carbocycles. The number of aromatic nitrogens is 1. The summed E-state index contributed by atoms with van der Waals surface area (Å²) in [7, 11) is 2.81. The van der Waals surface area contributed by atoms with Crippen molar-refractivity contribution >= 4 is 28.7 Å². The fraction of sp³-hybridized carbons (Fsp3) is 0.278. The standard InChI is InChI=1S/C18H19N3O3/c1-4-7-12(13-10-19-14-9-6-5-8-11(13)14)15-16(22)20(2)18(24)21(3)17(15)23/h4-6,8-10,12,15,19H,1,7H2,2-3H3. The normalized spacial score (nSPS) is 17.7. The summed E-state index contributed by atoms with van der Waals surface area (Å²) >= 11 is 0. The van der Waals surface area contributed by atoms with Crippen LogP contribution in [-0.4, -0.2) is 46.7 Å². The fourth-order valence-electron chi connectivity index (χ4n) is 3.30. The summed E-state index contributed by atoms with van der Waals surface area (Å²) in [4.78, 5) is 42.5. The maximum absolute atomic E-state index is 12.7. The van der Waals surface area contributed by atoms with Crippen LogP contribution >= 0.6 is 0 Å². The Balaban J connectivity index is 2.11. The number of carbonyl (C=O) groups excluding carboxylic acids is 3. The number of nitrogens with zero attached hydrogens (tertiary/aromatic N) is 2. The van der Waals surface area contributed by atoms with Crippen molar-refractivity contribution in [3.8, 4) is 0 Å². The number of carbonyl (C=O) groups is 3. The maximum atomic E-state index is 12.7. The molecule has 1 fully saturated rings. The molecule has 3 rings (SSSR count). The number of H-pyrrole nitrogens is 1. The number of hydrogen-bond acceptors (Lipinski definition) is 3. The van der Waals surface area contributed by atoms with Gasteiger partial charge in [0.1, 0.15) is 5.92 Å². The summed E-state index contributed by atoms with van der Waals surface area (Å²) in [6, 6.07) is 7.13. The Hall–Kier alpha value is -2.89. The van der Waals surface area contributed by atoms with Crippen LogP contribution in [0, 0.1) is 5.92 Å². The van der Waals surface area contributed by atoms with Gasteiger partial charge < -0.3 is 4.98 Å². The second-order valence-electron chi connectivity index (χ2n) is 5.98. The Morgan fingerprint density at radius 3 is 2.42 bits per heavy atom. The number of hydrogen-bond donors (Lipinski definition) is 1. The quantitative estimate of drug-likeness (QED) is 0.693. The average molecular weight is 325 g/mol. The van der Waals surface area contributed by atoms with Crippen LogP contribution in [0.25, 0.3) is 10.9 Å². The van der Waals surface area contributed by atoms with Gasteiger partial charge in [-0.1, -0.05) is 24.3 Å². The molecule has 1 atom stereocenters. The van der Waals surface area contributed by atoms with E-state index in [9.17, 15) is 14.4 Å². The maximum Gasteiger partial charge on any atom is 0.332 e. The fourth-order valence-corrected chi connectivity index (χ4v) is 3.30. The predicted octanol–water partition coefficient (Wildman–Crippen LogP) is 2.49. The first-order valence-corrected chi connectivity index (χ1v) is 7.73. The third-order valence-electron chi connectivity index (χ3n) is 4.61. The van der Waals surface area contributed by atoms with Crippen molar-refractivity contribution < 1.29 is 14.4 Å². The number of barbiturate groups is 1. The molecule has 1 aliphatic rings. The van der Waals surface area contributed by atoms with Gasteiger partial charge in [0.25, 0.3) is 0 Å². The number of amides is 4. The SMILES string of the molecule is C=CCC(c1c[nH]c2ccccc12)C1C(=O)N(C)C(=O)N(C)C1=O. The van der Waals surface area contributed by atoms with Crippen LogP contribution in [0.2, 0.25) is 0 Å². The van der Waals surface area contributed by atoms with E-state index in [1.807, 2.05) is 30.5 Å². The van der Waals surface area contributed by atoms with Gasteiger partial charge in [-0.15, -0.1) is 6.58 Å². The highest BCUT2D eigenvalue weighted by Gasteiger charge is 2.46. The molecule has 0 spiro atoms. The van der Waals surface area contributed by atoms with E-state index in [0.717, 1.165) is 26.3 Å². The van der Waals surface area contributed by atoms with Crippen molar-refractivity contribution in [2.24, 2.45) is 5.92 Å². The van der Waals surface area contributed by atoms with Gasteiger partial charge >= 0.3 is 6.03 Å². The van der Waals surface area contributed by atoms with Crippen molar-refractivity contribution in [1.29, 1.82) is 0 Å². The number of rotatable bonds is 4. The van der Waals surface area contributed by atoms with Gasteiger partial charge in [-0.3, -0.25) is 19.4 Å². The van der Waals surface area contributed by atoms with Crippen molar-refractivity contribution in [2.75, 3.05) is 14.1 Å². The molecule has 1 aromatic carbocycles. The largest absolute Gasteiger partial charge is 0.361 e. The van der Waals surface area contributed by atoms with Crippen LogP contribution in [0.4, 0.5) is 4.79 Å². The first-order valence-electron chi connectivity index (χ1n) is 7.73. The van der Waals surface area contributed by atoms with Gasteiger partial charge in [0.15, 0.2) is 0 Å². The molecule has 6 heteroatoms. The van der Waals surface area contributed by atoms with Gasteiger partial charge in [-0.25, -0.2) is 4.79 Å². The van der Waals surface area contributed by atoms with E-state index in [1.54, 1.807) is 6.08 Å². The molecular formula is C18H19N3O3. The topological polar surface area (TPSA) is 73.5 Å². The van der Waals surface area contributed by atoms with Crippen LogP contribution < -0.4 is 0 Å². The van der Waals surface area contributed by atoms with Crippen LogP contribution in [-0.2, 0) is 9.59 Å². The lowest BCUT2D eigenvalue weighted by Gasteiger charge is -2.36. The lowest BCUT2D eigenvalue weighted by atomic mass is 9.81. The molecule has 1 unspecified atom stereocenters. The van der Waals surface area contributed by atoms with Crippen molar-refractivity contribution in [2.45, 2.75) is 12.3 Å². The molecule has 2 aromatic rings. The highest BCUT2D eigenvalue weighted by Crippen LogP contribution is 2.37. The smallest absolute Gasteiger partial charge is 0.332 e. The van der Waals surface area contributed by atoms with Crippen LogP contribution in [0.5, 0.6) is 0 Å². The third kappa shape index (κ3) is 2.31. The zero-order valence-corrected chi connectivity index (χ0v) is 13.7. The summed E-state index contributed by atoms with van der Waals surface area (Å²) in [6.45, 7) is 3.76. The highest BCUT2D eigenvalue weighted by molar-refractivity contribution is 6.16. The lowest BCUT2D eigenvalue weighted by molar-refractivity contribution is -0.148. The molecule has 1 aliphatic heterocycles. The van der Waals surface area contributed by atoms with Gasteiger partial charge in [0.05, 0.1) is 0 Å². The number of aromatic amines is 1. The third-order valence-corrected chi connectivity index (χ3v) is 4.61. The van der Waals surface area contributed by atoms with E-state index < -0.39 is 23.8 Å². The Bertz CT molecular complexity index is 815. The van der Waals surface area contributed by atoms with Gasteiger partial charge in [-0.2, -0.15) is 0 Å². The minimum atomic E-state index is -0.935. The van der Waals surface area contributed by atoms with Crippen LogP contribution in [0.1, 0.15) is 17.9 Å². The van der Waals surface area contributed by atoms with Crippen molar-refractivity contribution in [3.63, 3.8) is 0 Å². The predicted molar refractivity (Wildman–Crippen MR) is 90.3 cm³/mol. The number of allylic oxidation sites excluding steroid dienone is 1. The molecule has 0 aliphatic carbocycles. The monoisotopic (exact) mass is 325 g/mol. The van der Waals surface area contributed by atoms with E-state index in [-0.39, 0.29) is 5.92 Å². The van der Waals surface area contributed by atoms with Crippen molar-refractivity contribution in [1.82, 2.24) is 14.8 Å². The Morgan fingerprint density at radius 1 is 1.17 bits per heavy atom. The van der Waals surface area contributed by atoms with Crippen molar-refractivity contribution in [3.05, 3.63) is 48.7 Å². The highest BCUT2D eigenvalue weighted by atomic mass is 16.2. The Kier molecular flexibility index (Phi) is 3.97. The van der Waals surface area contributed by atoms with Gasteiger partial charge in [0, 0.05) is 37.1 Å². The number of urea groups is 1.